The van der Waals surface area contributed by atoms with Crippen molar-refractivity contribution in [2.45, 2.75) is 0 Å². The van der Waals surface area contributed by atoms with Gasteiger partial charge in [-0.2, -0.15) is 0 Å². The minimum Gasteiger partial charge on any atom is -0.456 e. The smallest absolute Gasteiger partial charge is 0.136 e. The van der Waals surface area contributed by atoms with Gasteiger partial charge in [0.25, 0.3) is 0 Å². The zero-order valence-electron chi connectivity index (χ0n) is 34.7. The number of benzene rings is 8. The maximum absolute atomic E-state index is 9.60. The minimum atomic E-state index is -0.662. The van der Waals surface area contributed by atoms with E-state index in [0.717, 1.165) is 43.8 Å². The third kappa shape index (κ3) is 4.24. The van der Waals surface area contributed by atoms with Gasteiger partial charge in [-0.05, 0) is 96.3 Å². The van der Waals surface area contributed by atoms with Gasteiger partial charge < -0.3 is 4.42 Å². The second-order valence-corrected chi connectivity index (χ2v) is 10.8. The van der Waals surface area contributed by atoms with E-state index in [1.165, 1.54) is 0 Å². The average molecular weight is 584 g/mol. The SMILES string of the molecule is [2H]c1c([2H])c([2H])c(-c2c([2H])c([2H])c3oc4c([2H])c(-c5c6ccccc6c(-c6cccc(-c7ccccc7)c6)c6ccccc56)c([2H])c([2H])c4c3c2[2H])c([2H])c1[2H]. The molecular weight excluding hydrogens is 544 g/mol. The van der Waals surface area contributed by atoms with Crippen molar-refractivity contribution in [1.29, 1.82) is 0 Å². The van der Waals surface area contributed by atoms with Gasteiger partial charge in [0.05, 0.1) is 15.1 Å². The molecule has 1 heteroatoms. The van der Waals surface area contributed by atoms with E-state index in [0.29, 0.717) is 5.56 Å². The molecule has 0 spiro atoms. The molecule has 8 aromatic carbocycles. The lowest BCUT2D eigenvalue weighted by Crippen LogP contribution is -1.91. The summed E-state index contributed by atoms with van der Waals surface area (Å²) in [5, 5.41) is 2.96. The maximum Gasteiger partial charge on any atom is 0.136 e. The molecule has 210 valence electrons. The molecule has 0 unspecified atom stereocenters. The highest BCUT2D eigenvalue weighted by atomic mass is 16.3. The van der Waals surface area contributed by atoms with Crippen molar-refractivity contribution in [2.75, 3.05) is 0 Å². The Kier molecular flexibility index (Phi) is 3.87. The Labute approximate surface area is 277 Å². The zero-order valence-corrected chi connectivity index (χ0v) is 23.7. The summed E-state index contributed by atoms with van der Waals surface area (Å²) in [5.74, 6) is 0. The molecule has 0 saturated carbocycles. The molecule has 0 saturated heterocycles. The molecule has 0 N–H and O–H groups in total. The summed E-state index contributed by atoms with van der Waals surface area (Å²) in [6.45, 7) is 0. The molecule has 0 aliphatic rings. The second kappa shape index (κ2) is 10.4. The molecule has 0 aliphatic carbocycles. The van der Waals surface area contributed by atoms with Gasteiger partial charge in [0.2, 0.25) is 0 Å². The predicted octanol–water partition coefficient (Wildman–Crippen LogP) is 12.6. The van der Waals surface area contributed by atoms with Crippen LogP contribution in [0.3, 0.4) is 0 Å². The molecule has 1 heterocycles. The van der Waals surface area contributed by atoms with Crippen LogP contribution in [-0.2, 0) is 0 Å². The lowest BCUT2D eigenvalue weighted by Gasteiger charge is -2.18. The first-order chi connectivity index (χ1) is 26.9. The maximum atomic E-state index is 9.60. The van der Waals surface area contributed by atoms with Gasteiger partial charge >= 0.3 is 0 Å². The molecule has 9 rings (SSSR count). The summed E-state index contributed by atoms with van der Waals surface area (Å²) in [6, 6.07) is 28.0. The van der Waals surface area contributed by atoms with Crippen molar-refractivity contribution in [3.8, 4) is 44.5 Å². The van der Waals surface area contributed by atoms with Gasteiger partial charge in [-0.15, -0.1) is 0 Å². The molecule has 0 amide bonds. The Hall–Kier alpha value is -5.92. The number of rotatable bonds is 4. The minimum absolute atomic E-state index is 0.103. The normalized spacial score (nSPS) is 15.0. The van der Waals surface area contributed by atoms with Crippen molar-refractivity contribution in [3.63, 3.8) is 0 Å². The van der Waals surface area contributed by atoms with Gasteiger partial charge in [0.15, 0.2) is 0 Å². The lowest BCUT2D eigenvalue weighted by molar-refractivity contribution is 0.669. The second-order valence-electron chi connectivity index (χ2n) is 10.8. The van der Waals surface area contributed by atoms with Crippen LogP contribution in [0.2, 0.25) is 0 Å². The van der Waals surface area contributed by atoms with Crippen LogP contribution in [0.25, 0.3) is 88.0 Å². The molecule has 0 bridgehead atoms. The van der Waals surface area contributed by atoms with Crippen molar-refractivity contribution >= 4 is 43.5 Å². The van der Waals surface area contributed by atoms with Crippen molar-refractivity contribution in [3.05, 3.63) is 170 Å². The fourth-order valence-electron chi connectivity index (χ4n) is 6.21. The Morgan fingerprint density at radius 2 is 0.956 bits per heavy atom. The number of furan rings is 1. The third-order valence-corrected chi connectivity index (χ3v) is 8.20. The first kappa shape index (κ1) is 16.8. The van der Waals surface area contributed by atoms with E-state index in [9.17, 15) is 5.48 Å². The van der Waals surface area contributed by atoms with Gasteiger partial charge in [-0.1, -0.05) is 139 Å². The summed E-state index contributed by atoms with van der Waals surface area (Å²) in [4.78, 5) is 0. The molecule has 1 nitrogen and oxygen atoms in total. The average Bonchev–Trinajstić information content (AvgIpc) is 3.64. The van der Waals surface area contributed by atoms with Crippen molar-refractivity contribution in [1.82, 2.24) is 0 Å². The molecule has 0 aliphatic heterocycles. The van der Waals surface area contributed by atoms with Crippen LogP contribution in [-0.4, -0.2) is 0 Å². The van der Waals surface area contributed by atoms with Gasteiger partial charge in [-0.3, -0.25) is 0 Å². The first-order valence-corrected chi connectivity index (χ1v) is 14.5. The fraction of sp³-hybridized carbons (Fsp3) is 0. The van der Waals surface area contributed by atoms with Crippen LogP contribution in [0.5, 0.6) is 0 Å². The molecular formula is C44H28O. The van der Waals surface area contributed by atoms with E-state index in [-0.39, 0.29) is 45.6 Å². The first-order valence-electron chi connectivity index (χ1n) is 20.0. The van der Waals surface area contributed by atoms with Crippen LogP contribution in [0.1, 0.15) is 15.1 Å². The molecule has 9 aromatic rings. The molecule has 45 heavy (non-hydrogen) atoms. The zero-order chi connectivity index (χ0) is 39.3. The highest BCUT2D eigenvalue weighted by molar-refractivity contribution is 6.22. The van der Waals surface area contributed by atoms with Gasteiger partial charge in [0.1, 0.15) is 11.2 Å². The summed E-state index contributed by atoms with van der Waals surface area (Å²) < 4.78 is 103. The van der Waals surface area contributed by atoms with E-state index >= 15 is 0 Å². The summed E-state index contributed by atoms with van der Waals surface area (Å²) >= 11 is 0. The van der Waals surface area contributed by atoms with Gasteiger partial charge in [0, 0.05) is 10.8 Å². The summed E-state index contributed by atoms with van der Waals surface area (Å²) in [6.07, 6.45) is 0. The Morgan fingerprint density at radius 1 is 0.356 bits per heavy atom. The monoisotopic (exact) mass is 583 g/mol. The number of hydrogen-bond acceptors (Lipinski definition) is 1. The molecule has 0 atom stereocenters. The van der Waals surface area contributed by atoms with Crippen LogP contribution >= 0.6 is 0 Å². The van der Waals surface area contributed by atoms with Crippen LogP contribution in [0.15, 0.2) is 174 Å². The molecule has 1 aromatic heterocycles. The number of fused-ring (bicyclic) bond motifs is 5. The van der Waals surface area contributed by atoms with Crippen LogP contribution < -0.4 is 0 Å². The van der Waals surface area contributed by atoms with E-state index in [2.05, 4.69) is 30.3 Å². The van der Waals surface area contributed by atoms with Gasteiger partial charge in [-0.25, -0.2) is 0 Å². The van der Waals surface area contributed by atoms with Crippen LogP contribution in [0, 0.1) is 0 Å². The molecule has 0 radical (unpaired) electrons. The fourth-order valence-corrected chi connectivity index (χ4v) is 6.21. The highest BCUT2D eigenvalue weighted by Gasteiger charge is 2.18. The van der Waals surface area contributed by atoms with E-state index in [1.54, 1.807) is 0 Å². The van der Waals surface area contributed by atoms with E-state index in [4.69, 9.17) is 14.0 Å². The number of hydrogen-bond donors (Lipinski definition) is 0. The van der Waals surface area contributed by atoms with Crippen LogP contribution in [0.4, 0.5) is 0 Å². The van der Waals surface area contributed by atoms with E-state index < -0.39 is 59.5 Å². The van der Waals surface area contributed by atoms with Crippen molar-refractivity contribution < 1.29 is 19.5 Å². The Bertz CT molecular complexity index is 3070. The van der Waals surface area contributed by atoms with E-state index in [1.807, 2.05) is 72.8 Å². The Morgan fingerprint density at radius 3 is 1.67 bits per heavy atom. The topological polar surface area (TPSA) is 13.1 Å². The van der Waals surface area contributed by atoms with Crippen molar-refractivity contribution in [2.24, 2.45) is 0 Å². The standard InChI is InChI=1S/C44H28O/c1-3-12-29(13-4-1)31-16-11-17-33(26-31)43-36-18-7-9-20-38(36)44(39-21-10-8-19-37(39)43)34-22-24-35-40-27-32(30-14-5-2-6-15-30)23-25-41(40)45-42(35)28-34/h1-28H/i2D,5D,6D,14D,15D,22D,23D,24D,25D,27D,28D. The lowest BCUT2D eigenvalue weighted by atomic mass is 9.85. The quantitative estimate of drug-likeness (QED) is 0.188. The predicted molar refractivity (Wildman–Crippen MR) is 190 cm³/mol. The summed E-state index contributed by atoms with van der Waals surface area (Å²) in [7, 11) is 0. The molecule has 0 fully saturated rings. The summed E-state index contributed by atoms with van der Waals surface area (Å²) in [5.41, 5.74) is 3.47. The largest absolute Gasteiger partial charge is 0.456 e. The Balaban J connectivity index is 1.36. The third-order valence-electron chi connectivity index (χ3n) is 8.20. The highest BCUT2D eigenvalue weighted by Crippen LogP contribution is 2.45.